The summed E-state index contributed by atoms with van der Waals surface area (Å²) in [5, 5.41) is 4.78. The molecule has 2 spiro atoms. The Bertz CT molecular complexity index is 4800. The maximum atomic E-state index is 6.28. The fourth-order valence-corrected chi connectivity index (χ4v) is 15.1. The van der Waals surface area contributed by atoms with Crippen molar-refractivity contribution in [1.29, 1.82) is 0 Å². The van der Waals surface area contributed by atoms with Crippen molar-refractivity contribution < 1.29 is 4.42 Å². The summed E-state index contributed by atoms with van der Waals surface area (Å²) in [5.41, 5.74) is 28.2. The number of rotatable bonds is 4. The number of aromatic nitrogens is 1. The van der Waals surface area contributed by atoms with E-state index in [1.807, 2.05) is 6.07 Å². The third-order valence-electron chi connectivity index (χ3n) is 18.0. The van der Waals surface area contributed by atoms with Gasteiger partial charge in [0.05, 0.1) is 33.2 Å². The van der Waals surface area contributed by atoms with Crippen LogP contribution in [0.3, 0.4) is 0 Å². The summed E-state index contributed by atoms with van der Waals surface area (Å²) in [7, 11) is 0. The lowest BCUT2D eigenvalue weighted by molar-refractivity contribution is 0.669. The van der Waals surface area contributed by atoms with Crippen molar-refractivity contribution in [3.63, 3.8) is 0 Å². The highest BCUT2D eigenvalue weighted by Gasteiger charge is 2.53. The van der Waals surface area contributed by atoms with Crippen molar-refractivity contribution in [3.8, 4) is 50.2 Å². The molecule has 4 aliphatic rings. The molecule has 77 heavy (non-hydrogen) atoms. The zero-order valence-electron chi connectivity index (χ0n) is 41.7. The van der Waals surface area contributed by atoms with E-state index >= 15 is 0 Å². The minimum Gasteiger partial charge on any atom is -0.456 e. The molecule has 14 aromatic rings. The van der Waals surface area contributed by atoms with Crippen LogP contribution in [0.2, 0.25) is 0 Å². The molecule has 0 bridgehead atoms. The Balaban J connectivity index is 0.923. The van der Waals surface area contributed by atoms with Crippen LogP contribution in [0, 0.1) is 0 Å². The van der Waals surface area contributed by atoms with Gasteiger partial charge in [0, 0.05) is 38.5 Å². The molecule has 0 unspecified atom stereocenters. The molecule has 18 rings (SSSR count). The lowest BCUT2D eigenvalue weighted by Gasteiger charge is -2.40. The van der Waals surface area contributed by atoms with Crippen molar-refractivity contribution >= 4 is 60.8 Å². The molecule has 1 aliphatic heterocycles. The average molecular weight is 977 g/mol. The van der Waals surface area contributed by atoms with Crippen LogP contribution in [0.25, 0.3) is 93.9 Å². The summed E-state index contributed by atoms with van der Waals surface area (Å²) in [4.78, 5) is 2.55. The van der Waals surface area contributed by atoms with E-state index in [1.165, 1.54) is 105 Å². The first-order valence-corrected chi connectivity index (χ1v) is 26.8. The van der Waals surface area contributed by atoms with Crippen molar-refractivity contribution in [3.05, 3.63) is 311 Å². The Kier molecular flexibility index (Phi) is 8.00. The second-order valence-corrected chi connectivity index (χ2v) is 21.4. The van der Waals surface area contributed by atoms with Gasteiger partial charge in [-0.05, 0) is 138 Å². The topological polar surface area (TPSA) is 21.3 Å². The van der Waals surface area contributed by atoms with E-state index in [4.69, 9.17) is 4.42 Å². The van der Waals surface area contributed by atoms with Gasteiger partial charge in [-0.2, -0.15) is 0 Å². The monoisotopic (exact) mass is 976 g/mol. The summed E-state index contributed by atoms with van der Waals surface area (Å²) in [6.07, 6.45) is 0. The third-order valence-corrected chi connectivity index (χ3v) is 18.0. The minimum atomic E-state index is -0.554. The van der Waals surface area contributed by atoms with Gasteiger partial charge in [-0.1, -0.05) is 212 Å². The number of hydrogen-bond donors (Lipinski definition) is 0. The minimum absolute atomic E-state index is 0.495. The molecule has 0 N–H and O–H groups in total. The lowest BCUT2D eigenvalue weighted by Crippen LogP contribution is -2.33. The zero-order chi connectivity index (χ0) is 50.1. The molecule has 2 aromatic heterocycles. The maximum Gasteiger partial charge on any atom is 0.135 e. The fraction of sp³-hybridized carbons (Fsp3) is 0.0270. The van der Waals surface area contributed by atoms with E-state index in [-0.39, 0.29) is 0 Å². The number of anilines is 3. The zero-order valence-corrected chi connectivity index (χ0v) is 41.7. The van der Waals surface area contributed by atoms with Crippen LogP contribution in [-0.2, 0) is 10.8 Å². The summed E-state index contributed by atoms with van der Waals surface area (Å²) >= 11 is 0. The number of hydrogen-bond acceptors (Lipinski definition) is 2. The first kappa shape index (κ1) is 41.4. The third kappa shape index (κ3) is 5.07. The van der Waals surface area contributed by atoms with Gasteiger partial charge < -0.3 is 13.9 Å². The highest BCUT2D eigenvalue weighted by Crippen LogP contribution is 2.66. The smallest absolute Gasteiger partial charge is 0.135 e. The first-order chi connectivity index (χ1) is 38.2. The number of furan rings is 1. The van der Waals surface area contributed by atoms with E-state index in [9.17, 15) is 0 Å². The Hall–Kier alpha value is -9.96. The van der Waals surface area contributed by atoms with Gasteiger partial charge in [0.1, 0.15) is 11.2 Å². The molecule has 356 valence electrons. The highest BCUT2D eigenvalue weighted by atomic mass is 16.3. The number of nitrogens with zero attached hydrogens (tertiary/aromatic N) is 2. The van der Waals surface area contributed by atoms with Crippen LogP contribution in [0.15, 0.2) is 271 Å². The molecule has 12 aromatic carbocycles. The van der Waals surface area contributed by atoms with Gasteiger partial charge in [0.25, 0.3) is 0 Å². The standard InChI is InChI=1S/C74H44N2O/c1-8-25-58-49(17-1)50-18-2-9-26-59(50)73(58)62-29-12-5-23-56(62)71-64(73)30-16-33-67(71)75(47-38-35-45(36-39-47)46-37-42-70-57(43-46)54-22-7-14-34-69(54)77-70)48-40-41-63-68(44-48)76-66-32-13-6-21-53(66)55-24-15-31-65(72(55)76)74(63)60-27-10-3-19-51(60)52-20-4-11-28-61(52)74/h1-44H. The van der Waals surface area contributed by atoms with Crippen LogP contribution in [0.1, 0.15) is 44.5 Å². The Morgan fingerprint density at radius 2 is 0.805 bits per heavy atom. The van der Waals surface area contributed by atoms with Gasteiger partial charge in [-0.25, -0.2) is 0 Å². The second-order valence-electron chi connectivity index (χ2n) is 21.4. The van der Waals surface area contributed by atoms with Crippen molar-refractivity contribution in [1.82, 2.24) is 4.57 Å². The van der Waals surface area contributed by atoms with Crippen molar-refractivity contribution in [2.45, 2.75) is 10.8 Å². The fourth-order valence-electron chi connectivity index (χ4n) is 15.1. The maximum absolute atomic E-state index is 6.28. The number of benzene rings is 12. The predicted molar refractivity (Wildman–Crippen MR) is 315 cm³/mol. The quantitative estimate of drug-likeness (QED) is 0.175. The SMILES string of the molecule is c1ccc2c(c1)-c1ccccc1C21c2ccccc2-c2c(N(c3ccc(-c4ccc5oc6ccccc6c5c4)cc3)c3ccc4c(c3)-n3c5ccccc5c5cccc(c53)C43c4ccccc4-c4ccccc43)cccc21. The summed E-state index contributed by atoms with van der Waals surface area (Å²) < 4.78 is 8.86. The molecule has 0 fully saturated rings. The van der Waals surface area contributed by atoms with Crippen molar-refractivity contribution in [2.24, 2.45) is 0 Å². The lowest BCUT2D eigenvalue weighted by atomic mass is 9.65. The van der Waals surface area contributed by atoms with Crippen LogP contribution in [-0.4, -0.2) is 4.57 Å². The molecule has 0 atom stereocenters. The first-order valence-electron chi connectivity index (χ1n) is 26.8. The Labute approximate surface area is 444 Å². The molecule has 0 radical (unpaired) electrons. The van der Waals surface area contributed by atoms with Crippen molar-refractivity contribution in [2.75, 3.05) is 4.90 Å². The molecule has 0 saturated carbocycles. The molecular weight excluding hydrogens is 933 g/mol. The average Bonchev–Trinajstić information content (AvgIpc) is 4.39. The molecule has 0 saturated heterocycles. The largest absolute Gasteiger partial charge is 0.456 e. The molecule has 3 heteroatoms. The molecular formula is C74H44N2O. The van der Waals surface area contributed by atoms with Gasteiger partial charge in [-0.15, -0.1) is 0 Å². The number of para-hydroxylation sites is 3. The van der Waals surface area contributed by atoms with E-state index in [0.717, 1.165) is 50.1 Å². The molecule has 3 heterocycles. The second kappa shape index (κ2) is 14.9. The van der Waals surface area contributed by atoms with E-state index in [2.05, 4.69) is 270 Å². The van der Waals surface area contributed by atoms with Crippen LogP contribution in [0.5, 0.6) is 0 Å². The number of fused-ring (bicyclic) bond motifs is 25. The van der Waals surface area contributed by atoms with E-state index < -0.39 is 10.8 Å². The van der Waals surface area contributed by atoms with Crippen LogP contribution in [0.4, 0.5) is 17.1 Å². The highest BCUT2D eigenvalue weighted by molar-refractivity contribution is 6.13. The Morgan fingerprint density at radius 1 is 0.312 bits per heavy atom. The molecule has 3 aliphatic carbocycles. The van der Waals surface area contributed by atoms with E-state index in [1.54, 1.807) is 0 Å². The van der Waals surface area contributed by atoms with Crippen LogP contribution < -0.4 is 4.90 Å². The predicted octanol–water partition coefficient (Wildman–Crippen LogP) is 18.8. The van der Waals surface area contributed by atoms with Gasteiger partial charge in [0.15, 0.2) is 0 Å². The van der Waals surface area contributed by atoms with Crippen LogP contribution >= 0.6 is 0 Å². The van der Waals surface area contributed by atoms with Gasteiger partial charge in [0.2, 0.25) is 0 Å². The van der Waals surface area contributed by atoms with Gasteiger partial charge >= 0.3 is 0 Å². The Morgan fingerprint density at radius 3 is 1.49 bits per heavy atom. The summed E-state index contributed by atoms with van der Waals surface area (Å²) in [6, 6.07) is 100. The molecule has 3 nitrogen and oxygen atoms in total. The normalized spacial score (nSPS) is 14.2. The molecule has 0 amide bonds. The van der Waals surface area contributed by atoms with Gasteiger partial charge in [-0.3, -0.25) is 0 Å². The summed E-state index contributed by atoms with van der Waals surface area (Å²) in [5.74, 6) is 0. The van der Waals surface area contributed by atoms with E-state index in [0.29, 0.717) is 0 Å². The summed E-state index contributed by atoms with van der Waals surface area (Å²) in [6.45, 7) is 0.